The Labute approximate surface area is 144 Å². The first-order chi connectivity index (χ1) is 11.5. The molecule has 0 unspecified atom stereocenters. The van der Waals surface area contributed by atoms with E-state index in [1.807, 2.05) is 18.2 Å². The topological polar surface area (TPSA) is 59.8 Å². The van der Waals surface area contributed by atoms with Gasteiger partial charge >= 0.3 is 5.63 Å². The highest BCUT2D eigenvalue weighted by atomic mass is 35.5. The van der Waals surface area contributed by atoms with Crippen molar-refractivity contribution in [3.8, 4) is 5.75 Å². The van der Waals surface area contributed by atoms with Crippen LogP contribution in [0.5, 0.6) is 5.75 Å². The van der Waals surface area contributed by atoms with Crippen LogP contribution in [-0.2, 0) is 4.79 Å². The second-order valence-electron chi connectivity index (χ2n) is 5.56. The first-order valence-corrected chi connectivity index (χ1v) is 7.89. The lowest BCUT2D eigenvalue weighted by molar-refractivity contribution is -0.134. The quantitative estimate of drug-likeness (QED) is 0.799. The van der Waals surface area contributed by atoms with Crippen LogP contribution >= 0.6 is 11.6 Å². The van der Waals surface area contributed by atoms with Crippen LogP contribution in [0.4, 0.5) is 0 Å². The average molecular weight is 346 g/mol. The molecule has 1 aromatic heterocycles. The third-order valence-electron chi connectivity index (χ3n) is 3.64. The predicted octanol–water partition coefficient (Wildman–Crippen LogP) is 2.90. The van der Waals surface area contributed by atoms with E-state index in [0.717, 1.165) is 5.56 Å². The number of aryl methyl sites for hydroxylation is 1. The fourth-order valence-corrected chi connectivity index (χ4v) is 2.60. The summed E-state index contributed by atoms with van der Waals surface area (Å²) in [6.07, 6.45) is 3.08. The summed E-state index contributed by atoms with van der Waals surface area (Å²) < 4.78 is 10.5. The SMILES string of the molecule is Cc1cc(OC2CN(C(=O)/C=C/c3ccccc3Cl)C2)cc(=O)o1. The summed E-state index contributed by atoms with van der Waals surface area (Å²) >= 11 is 6.04. The maximum atomic E-state index is 12.1. The normalized spacial score (nSPS) is 14.7. The Kier molecular flexibility index (Phi) is 4.71. The van der Waals surface area contributed by atoms with Gasteiger partial charge in [-0.1, -0.05) is 29.8 Å². The van der Waals surface area contributed by atoms with E-state index in [9.17, 15) is 9.59 Å². The molecule has 1 aliphatic heterocycles. The van der Waals surface area contributed by atoms with Gasteiger partial charge in [0.05, 0.1) is 19.2 Å². The number of rotatable bonds is 4. The molecule has 0 bridgehead atoms. The first-order valence-electron chi connectivity index (χ1n) is 7.51. The van der Waals surface area contributed by atoms with Gasteiger partial charge in [0.2, 0.25) is 5.91 Å². The zero-order chi connectivity index (χ0) is 17.1. The van der Waals surface area contributed by atoms with Crippen molar-refractivity contribution in [2.45, 2.75) is 13.0 Å². The van der Waals surface area contributed by atoms with Gasteiger partial charge in [0.1, 0.15) is 17.6 Å². The van der Waals surface area contributed by atoms with Crippen LogP contribution in [-0.4, -0.2) is 30.0 Å². The molecule has 1 saturated heterocycles. The fraction of sp³-hybridized carbons (Fsp3) is 0.222. The lowest BCUT2D eigenvalue weighted by Gasteiger charge is -2.38. The van der Waals surface area contributed by atoms with Crippen LogP contribution in [0.25, 0.3) is 6.08 Å². The molecule has 0 saturated carbocycles. The van der Waals surface area contributed by atoms with E-state index in [-0.39, 0.29) is 12.0 Å². The van der Waals surface area contributed by atoms with E-state index in [1.54, 1.807) is 30.0 Å². The molecule has 6 heteroatoms. The lowest BCUT2D eigenvalue weighted by atomic mass is 10.1. The maximum absolute atomic E-state index is 12.1. The second-order valence-corrected chi connectivity index (χ2v) is 5.97. The molecule has 3 rings (SSSR count). The van der Waals surface area contributed by atoms with Crippen molar-refractivity contribution < 1.29 is 13.9 Å². The summed E-state index contributed by atoms with van der Waals surface area (Å²) in [6, 6.07) is 10.3. The smallest absolute Gasteiger partial charge is 0.339 e. The Morgan fingerprint density at radius 3 is 2.79 bits per heavy atom. The van der Waals surface area contributed by atoms with E-state index < -0.39 is 5.63 Å². The molecular weight excluding hydrogens is 330 g/mol. The number of halogens is 1. The van der Waals surface area contributed by atoms with Crippen molar-refractivity contribution in [3.05, 3.63) is 69.2 Å². The van der Waals surface area contributed by atoms with E-state index >= 15 is 0 Å². The standard InChI is InChI=1S/C18H16ClNO4/c1-12-8-14(9-18(22)23-12)24-15-10-20(11-15)17(21)7-6-13-4-2-3-5-16(13)19/h2-9,15H,10-11H2,1H3/b7-6+. The molecule has 124 valence electrons. The van der Waals surface area contributed by atoms with Crippen LogP contribution in [0.1, 0.15) is 11.3 Å². The summed E-state index contributed by atoms with van der Waals surface area (Å²) in [7, 11) is 0. The largest absolute Gasteiger partial charge is 0.486 e. The van der Waals surface area contributed by atoms with Gasteiger partial charge in [0.25, 0.3) is 0 Å². The number of amides is 1. The van der Waals surface area contributed by atoms with E-state index in [1.165, 1.54) is 12.1 Å². The van der Waals surface area contributed by atoms with Crippen molar-refractivity contribution in [1.82, 2.24) is 4.90 Å². The van der Waals surface area contributed by atoms with Gasteiger partial charge in [-0.2, -0.15) is 0 Å². The third kappa shape index (κ3) is 3.86. The fourth-order valence-electron chi connectivity index (χ4n) is 2.41. The summed E-state index contributed by atoms with van der Waals surface area (Å²) in [5.74, 6) is 0.860. The highest BCUT2D eigenvalue weighted by Crippen LogP contribution is 2.19. The number of likely N-dealkylation sites (tertiary alicyclic amines) is 1. The van der Waals surface area contributed by atoms with Crippen LogP contribution in [0.2, 0.25) is 5.02 Å². The van der Waals surface area contributed by atoms with Crippen molar-refractivity contribution in [2.75, 3.05) is 13.1 Å². The van der Waals surface area contributed by atoms with Gasteiger partial charge in [-0.3, -0.25) is 4.79 Å². The molecule has 2 heterocycles. The Hall–Kier alpha value is -2.53. The van der Waals surface area contributed by atoms with Gasteiger partial charge in [-0.05, 0) is 24.6 Å². The summed E-state index contributed by atoms with van der Waals surface area (Å²) in [5.41, 5.74) is 0.354. The van der Waals surface area contributed by atoms with Crippen molar-refractivity contribution in [3.63, 3.8) is 0 Å². The summed E-state index contributed by atoms with van der Waals surface area (Å²) in [4.78, 5) is 25.0. The zero-order valence-electron chi connectivity index (χ0n) is 13.1. The highest BCUT2D eigenvalue weighted by molar-refractivity contribution is 6.32. The number of benzene rings is 1. The molecule has 24 heavy (non-hydrogen) atoms. The van der Waals surface area contributed by atoms with E-state index in [2.05, 4.69) is 0 Å². The molecule has 0 atom stereocenters. The second kappa shape index (κ2) is 6.93. The van der Waals surface area contributed by atoms with Gasteiger partial charge in [-0.15, -0.1) is 0 Å². The predicted molar refractivity (Wildman–Crippen MR) is 91.2 cm³/mol. The lowest BCUT2D eigenvalue weighted by Crippen LogP contribution is -2.55. The van der Waals surface area contributed by atoms with E-state index in [4.69, 9.17) is 20.8 Å². The van der Waals surface area contributed by atoms with Crippen LogP contribution in [0.15, 0.2) is 51.7 Å². The number of hydrogen-bond donors (Lipinski definition) is 0. The number of ether oxygens (including phenoxy) is 1. The molecule has 1 fully saturated rings. The Bertz CT molecular complexity index is 837. The summed E-state index contributed by atoms with van der Waals surface area (Å²) in [6.45, 7) is 2.64. The number of carbonyl (C=O) groups is 1. The molecule has 0 spiro atoms. The highest BCUT2D eigenvalue weighted by Gasteiger charge is 2.31. The molecule has 1 aliphatic rings. The molecule has 1 amide bonds. The average Bonchev–Trinajstić information content (AvgIpc) is 2.48. The van der Waals surface area contributed by atoms with Crippen LogP contribution < -0.4 is 10.4 Å². The van der Waals surface area contributed by atoms with Gasteiger partial charge in [-0.25, -0.2) is 4.79 Å². The molecule has 0 aliphatic carbocycles. The Balaban J connectivity index is 1.53. The van der Waals surface area contributed by atoms with Crippen LogP contribution in [0.3, 0.4) is 0 Å². The minimum Gasteiger partial charge on any atom is -0.486 e. The third-order valence-corrected chi connectivity index (χ3v) is 3.98. The first kappa shape index (κ1) is 16.3. The number of hydrogen-bond acceptors (Lipinski definition) is 4. The van der Waals surface area contributed by atoms with Crippen molar-refractivity contribution in [2.24, 2.45) is 0 Å². The van der Waals surface area contributed by atoms with Gasteiger partial charge in [0.15, 0.2) is 0 Å². The molecule has 0 radical (unpaired) electrons. The van der Waals surface area contributed by atoms with Crippen molar-refractivity contribution >= 4 is 23.6 Å². The summed E-state index contributed by atoms with van der Waals surface area (Å²) in [5, 5.41) is 0.602. The Morgan fingerprint density at radius 1 is 1.33 bits per heavy atom. The minimum atomic E-state index is -0.445. The molecule has 5 nitrogen and oxygen atoms in total. The number of nitrogens with zero attached hydrogens (tertiary/aromatic N) is 1. The number of carbonyl (C=O) groups excluding carboxylic acids is 1. The zero-order valence-corrected chi connectivity index (χ0v) is 13.8. The van der Waals surface area contributed by atoms with Gasteiger partial charge < -0.3 is 14.1 Å². The van der Waals surface area contributed by atoms with Crippen molar-refractivity contribution in [1.29, 1.82) is 0 Å². The molecule has 1 aromatic carbocycles. The maximum Gasteiger partial charge on any atom is 0.339 e. The molecular formula is C18H16ClNO4. The van der Waals surface area contributed by atoms with Crippen LogP contribution in [0, 0.1) is 6.92 Å². The Morgan fingerprint density at radius 2 is 2.08 bits per heavy atom. The minimum absolute atomic E-state index is 0.0986. The monoisotopic (exact) mass is 345 g/mol. The van der Waals surface area contributed by atoms with Gasteiger partial charge in [0, 0.05) is 17.2 Å². The molecule has 2 aromatic rings. The molecule has 0 N–H and O–H groups in total. The van der Waals surface area contributed by atoms with E-state index in [0.29, 0.717) is 29.6 Å².